The molecular formula is C9H12BrN3O2S. The van der Waals surface area contributed by atoms with E-state index in [-0.39, 0.29) is 4.90 Å². The first-order valence-electron chi connectivity index (χ1n) is 4.76. The largest absolute Gasteiger partial charge is 0.379 e. The molecule has 7 heteroatoms. The highest BCUT2D eigenvalue weighted by Crippen LogP contribution is 2.26. The number of hydrogen-bond acceptors (Lipinski definition) is 4. The van der Waals surface area contributed by atoms with Crippen molar-refractivity contribution in [2.24, 2.45) is 5.14 Å². The van der Waals surface area contributed by atoms with Crippen LogP contribution in [0, 0.1) is 0 Å². The Morgan fingerprint density at radius 1 is 1.44 bits per heavy atom. The van der Waals surface area contributed by atoms with Gasteiger partial charge in [0.05, 0.1) is 10.9 Å². The predicted octanol–water partition coefficient (Wildman–Crippen LogP) is 0.480. The molecule has 0 spiro atoms. The monoisotopic (exact) mass is 305 g/mol. The van der Waals surface area contributed by atoms with Gasteiger partial charge in [-0.15, -0.1) is 0 Å². The molecule has 1 fully saturated rings. The summed E-state index contributed by atoms with van der Waals surface area (Å²) in [6, 6.07) is 5.11. The molecule has 5 nitrogen and oxygen atoms in total. The molecule has 1 aliphatic heterocycles. The standard InChI is InChI=1S/C9H12BrN3O2S/c10-8-3-7(16(11,14)15)1-2-9(8)13-6-4-12-5-6/h1-3,6,12-13H,4-5H2,(H2,11,14,15). The fraction of sp³-hybridized carbons (Fsp3) is 0.333. The Labute approximate surface area is 103 Å². The maximum atomic E-state index is 11.1. The summed E-state index contributed by atoms with van der Waals surface area (Å²) in [5, 5.41) is 11.5. The molecule has 4 N–H and O–H groups in total. The Kier molecular flexibility index (Phi) is 3.20. The van der Waals surface area contributed by atoms with Gasteiger partial charge in [-0.25, -0.2) is 13.6 Å². The average Bonchev–Trinajstić information content (AvgIpc) is 2.11. The molecular weight excluding hydrogens is 294 g/mol. The van der Waals surface area contributed by atoms with Crippen LogP contribution in [0.4, 0.5) is 5.69 Å². The average molecular weight is 306 g/mol. The van der Waals surface area contributed by atoms with E-state index < -0.39 is 10.0 Å². The maximum Gasteiger partial charge on any atom is 0.238 e. The molecule has 1 heterocycles. The minimum atomic E-state index is -3.63. The van der Waals surface area contributed by atoms with Crippen molar-refractivity contribution in [2.45, 2.75) is 10.9 Å². The number of anilines is 1. The van der Waals surface area contributed by atoms with Crippen LogP contribution in [0.2, 0.25) is 0 Å². The number of primary sulfonamides is 1. The van der Waals surface area contributed by atoms with Gasteiger partial charge in [0.1, 0.15) is 0 Å². The van der Waals surface area contributed by atoms with Crippen molar-refractivity contribution in [3.8, 4) is 0 Å². The highest BCUT2D eigenvalue weighted by atomic mass is 79.9. The molecule has 1 aliphatic rings. The maximum absolute atomic E-state index is 11.1. The first-order chi connectivity index (χ1) is 7.47. The summed E-state index contributed by atoms with van der Waals surface area (Å²) >= 11 is 3.32. The third kappa shape index (κ3) is 2.54. The fourth-order valence-corrected chi connectivity index (χ4v) is 2.59. The number of halogens is 1. The van der Waals surface area contributed by atoms with Gasteiger partial charge in [0, 0.05) is 23.2 Å². The van der Waals surface area contributed by atoms with E-state index in [4.69, 9.17) is 5.14 Å². The van der Waals surface area contributed by atoms with Crippen LogP contribution in [-0.2, 0) is 10.0 Å². The number of hydrogen-bond donors (Lipinski definition) is 3. The first kappa shape index (κ1) is 11.8. The van der Waals surface area contributed by atoms with Crippen LogP contribution in [0.1, 0.15) is 0 Å². The Bertz CT molecular complexity index is 499. The lowest BCUT2D eigenvalue weighted by molar-refractivity contribution is 0.472. The zero-order valence-electron chi connectivity index (χ0n) is 8.40. The van der Waals surface area contributed by atoms with Gasteiger partial charge in [-0.3, -0.25) is 0 Å². The zero-order valence-corrected chi connectivity index (χ0v) is 10.8. The molecule has 0 aromatic heterocycles. The second-order valence-electron chi connectivity index (χ2n) is 3.69. The molecule has 1 saturated heterocycles. The van der Waals surface area contributed by atoms with E-state index in [2.05, 4.69) is 26.6 Å². The van der Waals surface area contributed by atoms with Crippen LogP contribution in [0.5, 0.6) is 0 Å². The topological polar surface area (TPSA) is 84.2 Å². The van der Waals surface area contributed by atoms with E-state index in [1.165, 1.54) is 12.1 Å². The van der Waals surface area contributed by atoms with Crippen molar-refractivity contribution >= 4 is 31.6 Å². The second-order valence-corrected chi connectivity index (χ2v) is 6.10. The van der Waals surface area contributed by atoms with Gasteiger partial charge in [0.15, 0.2) is 0 Å². The quantitative estimate of drug-likeness (QED) is 0.758. The van der Waals surface area contributed by atoms with E-state index in [0.717, 1.165) is 18.8 Å². The number of sulfonamides is 1. The van der Waals surface area contributed by atoms with Crippen LogP contribution in [0.15, 0.2) is 27.6 Å². The molecule has 0 amide bonds. The molecule has 0 saturated carbocycles. The summed E-state index contributed by atoms with van der Waals surface area (Å²) in [6.07, 6.45) is 0. The van der Waals surface area contributed by atoms with Crippen LogP contribution >= 0.6 is 15.9 Å². The Hall–Kier alpha value is -0.630. The van der Waals surface area contributed by atoms with Gasteiger partial charge >= 0.3 is 0 Å². The molecule has 16 heavy (non-hydrogen) atoms. The predicted molar refractivity (Wildman–Crippen MR) is 65.8 cm³/mol. The molecule has 2 rings (SSSR count). The van der Waals surface area contributed by atoms with Crippen molar-refractivity contribution in [3.05, 3.63) is 22.7 Å². The van der Waals surface area contributed by atoms with Gasteiger partial charge in [-0.2, -0.15) is 0 Å². The summed E-state index contributed by atoms with van der Waals surface area (Å²) in [5.41, 5.74) is 0.874. The number of benzene rings is 1. The lowest BCUT2D eigenvalue weighted by Gasteiger charge is -2.29. The number of nitrogens with one attached hydrogen (secondary N) is 2. The summed E-state index contributed by atoms with van der Waals surface area (Å²) in [6.45, 7) is 1.84. The van der Waals surface area contributed by atoms with Gasteiger partial charge in [0.2, 0.25) is 10.0 Å². The minimum Gasteiger partial charge on any atom is -0.379 e. The molecule has 1 aromatic carbocycles. The van der Waals surface area contributed by atoms with Gasteiger partial charge in [0.25, 0.3) is 0 Å². The number of nitrogens with two attached hydrogens (primary N) is 1. The fourth-order valence-electron chi connectivity index (χ4n) is 1.40. The Morgan fingerprint density at radius 3 is 2.56 bits per heavy atom. The molecule has 0 atom stereocenters. The van der Waals surface area contributed by atoms with Crippen molar-refractivity contribution in [3.63, 3.8) is 0 Å². The van der Waals surface area contributed by atoms with Crippen molar-refractivity contribution in [1.29, 1.82) is 0 Å². The van der Waals surface area contributed by atoms with E-state index in [1.54, 1.807) is 6.07 Å². The second kappa shape index (κ2) is 4.33. The highest BCUT2D eigenvalue weighted by molar-refractivity contribution is 9.10. The van der Waals surface area contributed by atoms with Crippen molar-refractivity contribution in [1.82, 2.24) is 5.32 Å². The van der Waals surface area contributed by atoms with E-state index >= 15 is 0 Å². The van der Waals surface area contributed by atoms with Gasteiger partial charge < -0.3 is 10.6 Å². The zero-order chi connectivity index (χ0) is 11.8. The molecule has 0 aliphatic carbocycles. The van der Waals surface area contributed by atoms with Gasteiger partial charge in [-0.05, 0) is 34.1 Å². The van der Waals surface area contributed by atoms with Gasteiger partial charge in [-0.1, -0.05) is 0 Å². The van der Waals surface area contributed by atoms with Crippen molar-refractivity contribution in [2.75, 3.05) is 18.4 Å². The Balaban J connectivity index is 2.22. The molecule has 0 bridgehead atoms. The summed E-state index contributed by atoms with van der Waals surface area (Å²) < 4.78 is 22.9. The third-order valence-electron chi connectivity index (χ3n) is 2.41. The minimum absolute atomic E-state index is 0.108. The van der Waals surface area contributed by atoms with E-state index in [1.807, 2.05) is 0 Å². The summed E-state index contributed by atoms with van der Waals surface area (Å²) in [5.74, 6) is 0. The molecule has 0 unspecified atom stereocenters. The molecule has 1 aromatic rings. The Morgan fingerprint density at radius 2 is 2.12 bits per heavy atom. The summed E-state index contributed by atoms with van der Waals surface area (Å²) in [4.78, 5) is 0.108. The highest BCUT2D eigenvalue weighted by Gasteiger charge is 2.17. The molecule has 0 radical (unpaired) electrons. The smallest absolute Gasteiger partial charge is 0.238 e. The van der Waals surface area contributed by atoms with Crippen LogP contribution < -0.4 is 15.8 Å². The van der Waals surface area contributed by atoms with Crippen LogP contribution in [0.3, 0.4) is 0 Å². The third-order valence-corrected chi connectivity index (χ3v) is 3.98. The van der Waals surface area contributed by atoms with Crippen molar-refractivity contribution < 1.29 is 8.42 Å². The summed E-state index contributed by atoms with van der Waals surface area (Å²) in [7, 11) is -3.63. The van der Waals surface area contributed by atoms with E-state index in [9.17, 15) is 8.42 Å². The lowest BCUT2D eigenvalue weighted by atomic mass is 10.1. The lowest BCUT2D eigenvalue weighted by Crippen LogP contribution is -2.51. The van der Waals surface area contributed by atoms with E-state index in [0.29, 0.717) is 10.5 Å². The van der Waals surface area contributed by atoms with Crippen LogP contribution in [0.25, 0.3) is 0 Å². The normalized spacial score (nSPS) is 16.9. The molecule has 88 valence electrons. The first-order valence-corrected chi connectivity index (χ1v) is 7.10. The van der Waals surface area contributed by atoms with Crippen LogP contribution in [-0.4, -0.2) is 27.5 Å². The number of rotatable bonds is 3. The SMILES string of the molecule is NS(=O)(=O)c1ccc(NC2CNC2)c(Br)c1.